The molecule has 0 aliphatic carbocycles. The molecule has 1 amide bonds. The van der Waals surface area contributed by atoms with Crippen LogP contribution < -0.4 is 10.1 Å². The standard InChI is InChI=1S/C24H29N3O2/c1-16-6-4-5-7-22(16)26-24(28)17(2)27-12-10-18(11-13-27)21-15-25-23-9-8-19(29-3)14-20(21)23/h4-9,14-15,17-18,25H,10-13H2,1-3H3,(H,26,28). The molecule has 2 heterocycles. The highest BCUT2D eigenvalue weighted by atomic mass is 16.5. The van der Waals surface area contributed by atoms with Crippen LogP contribution in [0.25, 0.3) is 10.9 Å². The van der Waals surface area contributed by atoms with Gasteiger partial charge in [-0.05, 0) is 81.1 Å². The van der Waals surface area contributed by atoms with Crippen molar-refractivity contribution in [2.24, 2.45) is 0 Å². The van der Waals surface area contributed by atoms with Crippen LogP contribution in [0.15, 0.2) is 48.7 Å². The summed E-state index contributed by atoms with van der Waals surface area (Å²) in [5, 5.41) is 4.33. The molecule has 1 aromatic heterocycles. The molecule has 0 spiro atoms. The van der Waals surface area contributed by atoms with E-state index in [0.29, 0.717) is 5.92 Å². The molecule has 1 saturated heterocycles. The quantitative estimate of drug-likeness (QED) is 0.663. The first-order valence-electron chi connectivity index (χ1n) is 10.3. The van der Waals surface area contributed by atoms with Crippen molar-refractivity contribution in [3.05, 3.63) is 59.8 Å². The number of H-pyrrole nitrogens is 1. The number of nitrogens with zero attached hydrogens (tertiary/aromatic N) is 1. The van der Waals surface area contributed by atoms with Crippen molar-refractivity contribution in [3.8, 4) is 5.75 Å². The summed E-state index contributed by atoms with van der Waals surface area (Å²) >= 11 is 0. The number of hydrogen-bond acceptors (Lipinski definition) is 3. The van der Waals surface area contributed by atoms with Gasteiger partial charge in [-0.1, -0.05) is 18.2 Å². The van der Waals surface area contributed by atoms with Crippen molar-refractivity contribution < 1.29 is 9.53 Å². The Kier molecular flexibility index (Phi) is 5.58. The topological polar surface area (TPSA) is 57.4 Å². The summed E-state index contributed by atoms with van der Waals surface area (Å²) in [5.41, 5.74) is 4.48. The number of piperidine rings is 1. The number of likely N-dealkylation sites (tertiary alicyclic amines) is 1. The number of anilines is 1. The van der Waals surface area contributed by atoms with Gasteiger partial charge in [0, 0.05) is 22.8 Å². The Balaban J connectivity index is 1.40. The van der Waals surface area contributed by atoms with Crippen LogP contribution in [-0.2, 0) is 4.79 Å². The third kappa shape index (κ3) is 4.01. The molecule has 1 unspecified atom stereocenters. The van der Waals surface area contributed by atoms with E-state index >= 15 is 0 Å². The maximum absolute atomic E-state index is 12.7. The lowest BCUT2D eigenvalue weighted by atomic mass is 9.88. The Hall–Kier alpha value is -2.79. The predicted molar refractivity (Wildman–Crippen MR) is 118 cm³/mol. The maximum Gasteiger partial charge on any atom is 0.241 e. The second-order valence-electron chi connectivity index (χ2n) is 7.95. The molecular weight excluding hydrogens is 362 g/mol. The minimum absolute atomic E-state index is 0.0644. The van der Waals surface area contributed by atoms with Crippen molar-refractivity contribution in [1.82, 2.24) is 9.88 Å². The summed E-state index contributed by atoms with van der Waals surface area (Å²) in [5.74, 6) is 1.45. The van der Waals surface area contributed by atoms with E-state index in [4.69, 9.17) is 4.74 Å². The number of carbonyl (C=O) groups is 1. The van der Waals surface area contributed by atoms with E-state index in [1.165, 1.54) is 10.9 Å². The summed E-state index contributed by atoms with van der Waals surface area (Å²) in [4.78, 5) is 18.4. The van der Waals surface area contributed by atoms with Gasteiger partial charge >= 0.3 is 0 Å². The van der Waals surface area contributed by atoms with Crippen molar-refractivity contribution >= 4 is 22.5 Å². The van der Waals surface area contributed by atoms with Gasteiger partial charge in [0.15, 0.2) is 0 Å². The minimum atomic E-state index is -0.140. The van der Waals surface area contributed by atoms with Crippen LogP contribution in [0.4, 0.5) is 5.69 Å². The van der Waals surface area contributed by atoms with Crippen LogP contribution in [-0.4, -0.2) is 42.0 Å². The van der Waals surface area contributed by atoms with Gasteiger partial charge in [0.25, 0.3) is 0 Å². The number of benzene rings is 2. The van der Waals surface area contributed by atoms with Crippen molar-refractivity contribution in [3.63, 3.8) is 0 Å². The first kappa shape index (κ1) is 19.5. The fraction of sp³-hybridized carbons (Fsp3) is 0.375. The van der Waals surface area contributed by atoms with Crippen molar-refractivity contribution in [2.45, 2.75) is 38.6 Å². The normalized spacial score (nSPS) is 16.7. The molecule has 5 nitrogen and oxygen atoms in total. The highest BCUT2D eigenvalue weighted by Crippen LogP contribution is 2.35. The average Bonchev–Trinajstić information content (AvgIpc) is 3.18. The number of para-hydroxylation sites is 1. The monoisotopic (exact) mass is 391 g/mol. The second kappa shape index (κ2) is 8.29. The summed E-state index contributed by atoms with van der Waals surface area (Å²) in [6.07, 6.45) is 4.23. The number of methoxy groups -OCH3 is 1. The smallest absolute Gasteiger partial charge is 0.241 e. The molecule has 2 N–H and O–H groups in total. The fourth-order valence-corrected chi connectivity index (χ4v) is 4.30. The van der Waals surface area contributed by atoms with E-state index in [9.17, 15) is 4.79 Å². The zero-order valence-electron chi connectivity index (χ0n) is 17.4. The first-order chi connectivity index (χ1) is 14.1. The highest BCUT2D eigenvalue weighted by molar-refractivity contribution is 5.95. The van der Waals surface area contributed by atoms with Crippen LogP contribution in [0.3, 0.4) is 0 Å². The van der Waals surface area contributed by atoms with Crippen LogP contribution in [0.1, 0.15) is 36.8 Å². The lowest BCUT2D eigenvalue weighted by Gasteiger charge is -2.35. The van der Waals surface area contributed by atoms with Gasteiger partial charge in [0.2, 0.25) is 5.91 Å². The molecular formula is C24H29N3O2. The molecule has 152 valence electrons. The number of nitrogens with one attached hydrogen (secondary N) is 2. The Morgan fingerprint density at radius 1 is 1.21 bits per heavy atom. The van der Waals surface area contributed by atoms with Gasteiger partial charge in [-0.3, -0.25) is 9.69 Å². The zero-order valence-corrected chi connectivity index (χ0v) is 17.4. The molecule has 1 aliphatic rings. The largest absolute Gasteiger partial charge is 0.497 e. The van der Waals surface area contributed by atoms with Crippen LogP contribution >= 0.6 is 0 Å². The van der Waals surface area contributed by atoms with E-state index in [0.717, 1.165) is 48.4 Å². The Labute approximate surface area is 172 Å². The SMILES string of the molecule is COc1ccc2[nH]cc(C3CCN(C(C)C(=O)Nc4ccccc4C)CC3)c2c1. The van der Waals surface area contributed by atoms with Gasteiger partial charge < -0.3 is 15.0 Å². The number of amides is 1. The van der Waals surface area contributed by atoms with Crippen LogP contribution in [0.5, 0.6) is 5.75 Å². The lowest BCUT2D eigenvalue weighted by Crippen LogP contribution is -2.45. The third-order valence-electron chi connectivity index (χ3n) is 6.22. The van der Waals surface area contributed by atoms with E-state index < -0.39 is 0 Å². The lowest BCUT2D eigenvalue weighted by molar-refractivity contribution is -0.121. The van der Waals surface area contributed by atoms with Crippen LogP contribution in [0.2, 0.25) is 0 Å². The van der Waals surface area contributed by atoms with E-state index in [-0.39, 0.29) is 11.9 Å². The Morgan fingerprint density at radius 2 is 1.97 bits per heavy atom. The van der Waals surface area contributed by atoms with E-state index in [1.54, 1.807) is 7.11 Å². The van der Waals surface area contributed by atoms with Gasteiger partial charge in [0.1, 0.15) is 5.75 Å². The van der Waals surface area contributed by atoms with Gasteiger partial charge in [-0.25, -0.2) is 0 Å². The molecule has 1 atom stereocenters. The molecule has 4 rings (SSSR count). The number of fused-ring (bicyclic) bond motifs is 1. The van der Waals surface area contributed by atoms with Gasteiger partial charge in [-0.15, -0.1) is 0 Å². The number of aryl methyl sites for hydroxylation is 1. The summed E-state index contributed by atoms with van der Waals surface area (Å²) < 4.78 is 5.40. The molecule has 0 bridgehead atoms. The molecule has 0 radical (unpaired) electrons. The molecule has 1 aliphatic heterocycles. The highest BCUT2D eigenvalue weighted by Gasteiger charge is 2.28. The molecule has 2 aromatic carbocycles. The third-order valence-corrected chi connectivity index (χ3v) is 6.22. The number of carbonyl (C=O) groups excluding carboxylic acids is 1. The van der Waals surface area contributed by atoms with Crippen molar-refractivity contribution in [2.75, 3.05) is 25.5 Å². The van der Waals surface area contributed by atoms with E-state index in [2.05, 4.69) is 33.5 Å². The fourth-order valence-electron chi connectivity index (χ4n) is 4.30. The maximum atomic E-state index is 12.7. The molecule has 5 heteroatoms. The molecule has 29 heavy (non-hydrogen) atoms. The summed E-state index contributed by atoms with van der Waals surface area (Å²) in [6.45, 7) is 5.86. The van der Waals surface area contributed by atoms with Crippen LogP contribution in [0, 0.1) is 6.92 Å². The van der Waals surface area contributed by atoms with Gasteiger partial charge in [-0.2, -0.15) is 0 Å². The number of ether oxygens (including phenoxy) is 1. The predicted octanol–water partition coefficient (Wildman–Crippen LogP) is 4.69. The zero-order chi connectivity index (χ0) is 20.4. The number of hydrogen-bond donors (Lipinski definition) is 2. The summed E-state index contributed by atoms with van der Waals surface area (Å²) in [7, 11) is 1.70. The number of aromatic nitrogens is 1. The number of aromatic amines is 1. The van der Waals surface area contributed by atoms with Gasteiger partial charge in [0.05, 0.1) is 13.2 Å². The van der Waals surface area contributed by atoms with E-state index in [1.807, 2.05) is 44.2 Å². The summed E-state index contributed by atoms with van der Waals surface area (Å²) in [6, 6.07) is 13.9. The Morgan fingerprint density at radius 3 is 2.69 bits per heavy atom. The number of rotatable bonds is 5. The molecule has 3 aromatic rings. The average molecular weight is 392 g/mol. The Bertz CT molecular complexity index is 1000. The molecule has 1 fully saturated rings. The minimum Gasteiger partial charge on any atom is -0.497 e. The molecule has 0 saturated carbocycles. The first-order valence-corrected chi connectivity index (χ1v) is 10.3. The second-order valence-corrected chi connectivity index (χ2v) is 7.95. The van der Waals surface area contributed by atoms with Crippen molar-refractivity contribution in [1.29, 1.82) is 0 Å².